The molecule has 27 heavy (non-hydrogen) atoms. The number of nitrogens with zero attached hydrogens (tertiary/aromatic N) is 1. The van der Waals surface area contributed by atoms with Crippen LogP contribution in [0.5, 0.6) is 0 Å². The molecule has 2 aliphatic rings. The van der Waals surface area contributed by atoms with Gasteiger partial charge < -0.3 is 30.5 Å². The van der Waals surface area contributed by atoms with Crippen LogP contribution >= 0.6 is 0 Å². The van der Waals surface area contributed by atoms with Crippen molar-refractivity contribution in [1.82, 2.24) is 15.5 Å². The number of carboxylic acids is 1. The van der Waals surface area contributed by atoms with Crippen LogP contribution in [0.15, 0.2) is 30.0 Å². The van der Waals surface area contributed by atoms with Crippen LogP contribution in [0.1, 0.15) is 24.5 Å². The van der Waals surface area contributed by atoms with E-state index in [2.05, 4.69) is 10.6 Å². The third kappa shape index (κ3) is 3.89. The Morgan fingerprint density at radius 1 is 1.33 bits per heavy atom. The van der Waals surface area contributed by atoms with Gasteiger partial charge in [0.2, 0.25) is 5.91 Å². The van der Waals surface area contributed by atoms with Crippen LogP contribution in [-0.2, 0) is 16.1 Å². The topological polar surface area (TPSA) is 122 Å². The number of rotatable bonds is 5. The second-order valence-corrected chi connectivity index (χ2v) is 6.49. The minimum Gasteiger partial charge on any atom is -0.543 e. The van der Waals surface area contributed by atoms with Crippen LogP contribution < -0.4 is 45.3 Å². The fraction of sp³-hybridized carbons (Fsp3) is 0.389. The maximum Gasteiger partial charge on any atom is 1.00 e. The van der Waals surface area contributed by atoms with Crippen molar-refractivity contribution in [1.29, 1.82) is 0 Å². The monoisotopic (exact) mass is 381 g/mol. The Morgan fingerprint density at radius 3 is 2.48 bits per heavy atom. The van der Waals surface area contributed by atoms with E-state index in [1.807, 2.05) is 0 Å². The van der Waals surface area contributed by atoms with Crippen molar-refractivity contribution in [2.75, 3.05) is 7.05 Å². The Balaban J connectivity index is 0.00000261. The summed E-state index contributed by atoms with van der Waals surface area (Å²) in [5.41, 5.74) is 1.94. The summed E-state index contributed by atoms with van der Waals surface area (Å²) in [5.74, 6) is -2.37. The van der Waals surface area contributed by atoms with E-state index < -0.39 is 18.0 Å². The number of fused-ring (bicyclic) bond motifs is 1. The van der Waals surface area contributed by atoms with Gasteiger partial charge in [-0.1, -0.05) is 24.3 Å². The first-order chi connectivity index (χ1) is 12.3. The van der Waals surface area contributed by atoms with E-state index in [1.165, 1.54) is 18.9 Å². The van der Waals surface area contributed by atoms with Crippen LogP contribution in [-0.4, -0.2) is 47.1 Å². The predicted octanol–water partition coefficient (Wildman–Crippen LogP) is -3.81. The summed E-state index contributed by atoms with van der Waals surface area (Å²) < 4.78 is 0. The van der Waals surface area contributed by atoms with Gasteiger partial charge in [0.25, 0.3) is 0 Å². The van der Waals surface area contributed by atoms with E-state index in [0.29, 0.717) is 24.1 Å². The SMILES string of the molecule is CNC(=O)NCc1ccc(C2=C(C(=O)[O-])N3C(=O)[C@H]([C@@H](C)O)[C@H]3C2)cc1.[Na+]. The van der Waals surface area contributed by atoms with Gasteiger partial charge in [0.15, 0.2) is 0 Å². The van der Waals surface area contributed by atoms with Crippen LogP contribution in [0, 0.1) is 5.92 Å². The van der Waals surface area contributed by atoms with Crippen molar-refractivity contribution in [3.8, 4) is 0 Å². The molecule has 2 heterocycles. The van der Waals surface area contributed by atoms with Crippen LogP contribution in [0.25, 0.3) is 5.57 Å². The number of carboxylic acid groups (broad SMARTS) is 1. The van der Waals surface area contributed by atoms with Gasteiger partial charge in [-0.25, -0.2) is 4.79 Å². The van der Waals surface area contributed by atoms with E-state index in [4.69, 9.17) is 0 Å². The molecule has 2 aliphatic heterocycles. The first-order valence-electron chi connectivity index (χ1n) is 8.35. The first kappa shape index (κ1) is 21.4. The smallest absolute Gasteiger partial charge is 0.543 e. The molecule has 1 aromatic rings. The summed E-state index contributed by atoms with van der Waals surface area (Å²) in [6.45, 7) is 1.87. The largest absolute Gasteiger partial charge is 1.00 e. The van der Waals surface area contributed by atoms with E-state index in [1.54, 1.807) is 24.3 Å². The van der Waals surface area contributed by atoms with Gasteiger partial charge in [0, 0.05) is 13.6 Å². The summed E-state index contributed by atoms with van der Waals surface area (Å²) in [4.78, 5) is 36.2. The number of carbonyl (C=O) groups excluding carboxylic acids is 3. The van der Waals surface area contributed by atoms with Crippen molar-refractivity contribution < 1.29 is 54.2 Å². The second-order valence-electron chi connectivity index (χ2n) is 6.49. The molecule has 0 saturated carbocycles. The van der Waals surface area contributed by atoms with Crippen molar-refractivity contribution in [3.63, 3.8) is 0 Å². The van der Waals surface area contributed by atoms with Gasteiger partial charge in [-0.2, -0.15) is 0 Å². The molecule has 1 fully saturated rings. The summed E-state index contributed by atoms with van der Waals surface area (Å²) in [6.07, 6.45) is -0.468. The maximum absolute atomic E-state index is 12.2. The summed E-state index contributed by atoms with van der Waals surface area (Å²) in [6, 6.07) is 6.45. The Hall–Kier alpha value is -1.87. The van der Waals surface area contributed by atoms with E-state index in [0.717, 1.165) is 5.56 Å². The first-order valence-corrected chi connectivity index (χ1v) is 8.35. The molecular weight excluding hydrogens is 361 g/mol. The minimum atomic E-state index is -1.40. The average Bonchev–Trinajstić information content (AvgIpc) is 2.95. The number of aliphatic carboxylic acids is 1. The Bertz CT molecular complexity index is 791. The van der Waals surface area contributed by atoms with E-state index >= 15 is 0 Å². The Labute approximate surface area is 178 Å². The molecule has 0 spiro atoms. The number of benzene rings is 1. The Kier molecular flexibility index (Phi) is 6.69. The number of carbonyl (C=O) groups is 3. The quantitative estimate of drug-likeness (QED) is 0.357. The van der Waals surface area contributed by atoms with Gasteiger partial charge in [0.05, 0.1) is 29.7 Å². The molecule has 8 nitrogen and oxygen atoms in total. The van der Waals surface area contributed by atoms with Gasteiger partial charge in [-0.15, -0.1) is 0 Å². The zero-order valence-electron chi connectivity index (χ0n) is 15.5. The molecule has 0 radical (unpaired) electrons. The number of hydrogen-bond acceptors (Lipinski definition) is 5. The molecule has 0 bridgehead atoms. The third-order valence-corrected chi connectivity index (χ3v) is 4.90. The van der Waals surface area contributed by atoms with Crippen molar-refractivity contribution in [3.05, 3.63) is 41.1 Å². The standard InChI is InChI=1S/C18H21N3O5.Na/c1-9(22)14-13-7-12(15(17(24)25)21(13)16(14)23)11-5-3-10(4-6-11)8-20-18(26)19-2;/h3-6,9,13-14,22H,7-8H2,1-2H3,(H,24,25)(H2,19,20,26);/q;+1/p-1/t9-,13-,14-;/m1./s1. The summed E-state index contributed by atoms with van der Waals surface area (Å²) >= 11 is 0. The maximum atomic E-state index is 12.2. The molecule has 3 atom stereocenters. The van der Waals surface area contributed by atoms with Gasteiger partial charge in [-0.3, -0.25) is 4.79 Å². The molecule has 3 N–H and O–H groups in total. The van der Waals surface area contributed by atoms with Crippen molar-refractivity contribution in [2.45, 2.75) is 32.0 Å². The zero-order valence-corrected chi connectivity index (χ0v) is 17.5. The summed E-state index contributed by atoms with van der Waals surface area (Å²) in [5, 5.41) is 26.5. The molecule has 0 aromatic heterocycles. The number of aliphatic hydroxyl groups is 1. The van der Waals surface area contributed by atoms with Crippen molar-refractivity contribution in [2.24, 2.45) is 5.92 Å². The predicted molar refractivity (Wildman–Crippen MR) is 90.1 cm³/mol. The molecule has 3 rings (SSSR count). The average molecular weight is 381 g/mol. The minimum absolute atomic E-state index is 0. The van der Waals surface area contributed by atoms with E-state index in [-0.39, 0.29) is 53.2 Å². The number of nitrogens with one attached hydrogen (secondary N) is 2. The van der Waals surface area contributed by atoms with E-state index in [9.17, 15) is 24.6 Å². The van der Waals surface area contributed by atoms with Gasteiger partial charge >= 0.3 is 35.6 Å². The molecule has 1 aromatic carbocycles. The van der Waals surface area contributed by atoms with Crippen molar-refractivity contribution >= 4 is 23.5 Å². The second kappa shape index (κ2) is 8.43. The van der Waals surface area contributed by atoms with Crippen LogP contribution in [0.4, 0.5) is 4.79 Å². The fourth-order valence-electron chi connectivity index (χ4n) is 3.61. The van der Waals surface area contributed by atoms with Crippen LogP contribution in [0.2, 0.25) is 0 Å². The molecule has 3 amide bonds. The molecule has 9 heteroatoms. The van der Waals surface area contributed by atoms with Gasteiger partial charge in [-0.05, 0) is 30.0 Å². The Morgan fingerprint density at radius 2 is 1.96 bits per heavy atom. The normalized spacial score (nSPS) is 21.7. The molecule has 0 unspecified atom stereocenters. The molecule has 1 saturated heterocycles. The number of β-lactam (4-membered cyclic amide) rings is 1. The molecular formula is C18H20N3NaO5. The zero-order chi connectivity index (χ0) is 19.0. The number of amides is 3. The number of aliphatic hydroxyl groups excluding tert-OH is 1. The number of hydrogen-bond donors (Lipinski definition) is 3. The van der Waals surface area contributed by atoms with Crippen LogP contribution in [0.3, 0.4) is 0 Å². The fourth-order valence-corrected chi connectivity index (χ4v) is 3.61. The summed E-state index contributed by atoms with van der Waals surface area (Å²) in [7, 11) is 1.53. The van der Waals surface area contributed by atoms with Gasteiger partial charge in [0.1, 0.15) is 0 Å². The molecule has 138 valence electrons. The molecule has 0 aliphatic carbocycles. The third-order valence-electron chi connectivity index (χ3n) is 4.90. The number of urea groups is 1.